The smallest absolute Gasteiger partial charge is 0.110 e. The Morgan fingerprint density at radius 1 is 1.17 bits per heavy atom. The molecule has 1 heterocycles. The zero-order valence-corrected chi connectivity index (χ0v) is 11.3. The summed E-state index contributed by atoms with van der Waals surface area (Å²) in [5.41, 5.74) is 2.54. The molecule has 0 amide bonds. The van der Waals surface area contributed by atoms with E-state index in [0.29, 0.717) is 0 Å². The van der Waals surface area contributed by atoms with Crippen LogP contribution in [0.3, 0.4) is 0 Å². The summed E-state index contributed by atoms with van der Waals surface area (Å²) in [7, 11) is 0. The summed E-state index contributed by atoms with van der Waals surface area (Å²) in [5, 5.41) is 3.44. The predicted octanol–water partition coefficient (Wildman–Crippen LogP) is 2.89. The van der Waals surface area contributed by atoms with Crippen LogP contribution in [0.25, 0.3) is 0 Å². The van der Waals surface area contributed by atoms with Crippen molar-refractivity contribution in [2.75, 3.05) is 0 Å². The van der Waals surface area contributed by atoms with Crippen LogP contribution in [0, 0.1) is 0 Å². The van der Waals surface area contributed by atoms with E-state index in [-0.39, 0.29) is 5.54 Å². The van der Waals surface area contributed by atoms with Crippen molar-refractivity contribution in [3.05, 3.63) is 53.6 Å². The molecule has 18 heavy (non-hydrogen) atoms. The van der Waals surface area contributed by atoms with Gasteiger partial charge in [0.2, 0.25) is 0 Å². The van der Waals surface area contributed by atoms with E-state index < -0.39 is 0 Å². The van der Waals surface area contributed by atoms with Crippen molar-refractivity contribution in [2.24, 2.45) is 0 Å². The van der Waals surface area contributed by atoms with Gasteiger partial charge >= 0.3 is 0 Å². The van der Waals surface area contributed by atoms with E-state index in [1.54, 1.807) is 0 Å². The van der Waals surface area contributed by atoms with E-state index in [1.807, 2.05) is 12.3 Å². The van der Waals surface area contributed by atoms with Crippen LogP contribution in [-0.4, -0.2) is 15.5 Å². The summed E-state index contributed by atoms with van der Waals surface area (Å²) in [5.74, 6) is 1.02. The average Bonchev–Trinajstić information content (AvgIpc) is 2.75. The first kappa shape index (κ1) is 12.8. The Hall–Kier alpha value is -1.61. The number of aromatic amines is 1. The van der Waals surface area contributed by atoms with E-state index in [4.69, 9.17) is 0 Å². The highest BCUT2D eigenvalue weighted by molar-refractivity contribution is 5.19. The fourth-order valence-corrected chi connectivity index (χ4v) is 1.73. The second-order valence-electron chi connectivity index (χ2n) is 5.62. The number of rotatable bonds is 4. The normalized spacial score (nSPS) is 11.7. The highest BCUT2D eigenvalue weighted by atomic mass is 15.0. The van der Waals surface area contributed by atoms with Crippen LogP contribution in [0.5, 0.6) is 0 Å². The maximum atomic E-state index is 4.42. The zero-order valence-electron chi connectivity index (χ0n) is 11.3. The van der Waals surface area contributed by atoms with Crippen LogP contribution in [0.4, 0.5) is 0 Å². The fraction of sp³-hybridized carbons (Fsp3) is 0.400. The van der Waals surface area contributed by atoms with Gasteiger partial charge in [0.1, 0.15) is 5.82 Å². The molecule has 0 spiro atoms. The summed E-state index contributed by atoms with van der Waals surface area (Å²) in [4.78, 5) is 7.78. The van der Waals surface area contributed by atoms with Gasteiger partial charge in [-0.15, -0.1) is 0 Å². The number of hydrogen-bond donors (Lipinski definition) is 2. The Balaban J connectivity index is 1.94. The van der Waals surface area contributed by atoms with Crippen LogP contribution in [0.2, 0.25) is 0 Å². The van der Waals surface area contributed by atoms with Gasteiger partial charge in [-0.3, -0.25) is 0 Å². The molecule has 0 atom stereocenters. The van der Waals surface area contributed by atoms with Crippen LogP contribution < -0.4 is 5.32 Å². The summed E-state index contributed by atoms with van der Waals surface area (Å²) < 4.78 is 0. The molecule has 2 N–H and O–H groups in total. The number of aromatic nitrogens is 2. The third-order valence-corrected chi connectivity index (χ3v) is 2.70. The lowest BCUT2D eigenvalue weighted by molar-refractivity contribution is 0.421. The lowest BCUT2D eigenvalue weighted by Crippen LogP contribution is -2.35. The van der Waals surface area contributed by atoms with E-state index >= 15 is 0 Å². The molecule has 0 saturated carbocycles. The zero-order chi connectivity index (χ0) is 13.0. The molecule has 0 unspecified atom stereocenters. The van der Waals surface area contributed by atoms with Crippen molar-refractivity contribution in [1.29, 1.82) is 0 Å². The molecular formula is C15H21N3. The molecule has 0 fully saturated rings. The third-order valence-electron chi connectivity index (χ3n) is 2.70. The van der Waals surface area contributed by atoms with Crippen molar-refractivity contribution >= 4 is 0 Å². The third kappa shape index (κ3) is 4.00. The molecule has 0 radical (unpaired) electrons. The molecule has 0 aliphatic rings. The van der Waals surface area contributed by atoms with Crippen LogP contribution >= 0.6 is 0 Å². The molecule has 2 aromatic rings. The predicted molar refractivity (Wildman–Crippen MR) is 74.4 cm³/mol. The van der Waals surface area contributed by atoms with Crippen molar-refractivity contribution < 1.29 is 0 Å². The van der Waals surface area contributed by atoms with Gasteiger partial charge in [-0.05, 0) is 26.3 Å². The van der Waals surface area contributed by atoms with Gasteiger partial charge in [-0.2, -0.15) is 0 Å². The standard InChI is InChI=1S/C15H21N3/c1-15(2,3)17-11-13-10-16-14(18-13)9-12-7-5-4-6-8-12/h4-8,10,17H,9,11H2,1-3H3,(H,16,18). The quantitative estimate of drug-likeness (QED) is 0.867. The van der Waals surface area contributed by atoms with Gasteiger partial charge < -0.3 is 10.3 Å². The van der Waals surface area contributed by atoms with Crippen LogP contribution in [0.15, 0.2) is 36.5 Å². The molecule has 0 saturated heterocycles. The van der Waals surface area contributed by atoms with Gasteiger partial charge in [0, 0.05) is 30.4 Å². The van der Waals surface area contributed by atoms with Crippen molar-refractivity contribution in [1.82, 2.24) is 15.3 Å². The first-order valence-electron chi connectivity index (χ1n) is 6.35. The monoisotopic (exact) mass is 243 g/mol. The highest BCUT2D eigenvalue weighted by Gasteiger charge is 2.09. The average molecular weight is 243 g/mol. The lowest BCUT2D eigenvalue weighted by atomic mass is 10.1. The van der Waals surface area contributed by atoms with E-state index in [0.717, 1.165) is 24.5 Å². The Kier molecular flexibility index (Phi) is 3.82. The van der Waals surface area contributed by atoms with Crippen LogP contribution in [-0.2, 0) is 13.0 Å². The minimum absolute atomic E-state index is 0.130. The van der Waals surface area contributed by atoms with Crippen molar-refractivity contribution in [3.63, 3.8) is 0 Å². The molecule has 0 aliphatic heterocycles. The lowest BCUT2D eigenvalue weighted by Gasteiger charge is -2.19. The summed E-state index contributed by atoms with van der Waals surface area (Å²) >= 11 is 0. The maximum absolute atomic E-state index is 4.42. The number of H-pyrrole nitrogens is 1. The number of benzene rings is 1. The SMILES string of the molecule is CC(C)(C)NCc1cnc(Cc2ccccc2)[nH]1. The largest absolute Gasteiger partial charge is 0.345 e. The second kappa shape index (κ2) is 5.36. The summed E-state index contributed by atoms with van der Waals surface area (Å²) in [6, 6.07) is 10.4. The minimum Gasteiger partial charge on any atom is -0.345 e. The molecule has 96 valence electrons. The Morgan fingerprint density at radius 3 is 2.56 bits per heavy atom. The molecule has 1 aromatic carbocycles. The van der Waals surface area contributed by atoms with Crippen molar-refractivity contribution in [3.8, 4) is 0 Å². The number of hydrogen-bond acceptors (Lipinski definition) is 2. The molecule has 1 aromatic heterocycles. The maximum Gasteiger partial charge on any atom is 0.110 e. The summed E-state index contributed by atoms with van der Waals surface area (Å²) in [6.45, 7) is 7.31. The fourth-order valence-electron chi connectivity index (χ4n) is 1.73. The van der Waals surface area contributed by atoms with Crippen LogP contribution in [0.1, 0.15) is 37.9 Å². The van der Waals surface area contributed by atoms with Gasteiger partial charge in [0.15, 0.2) is 0 Å². The number of nitrogens with zero attached hydrogens (tertiary/aromatic N) is 1. The second-order valence-corrected chi connectivity index (χ2v) is 5.62. The summed E-state index contributed by atoms with van der Waals surface area (Å²) in [6.07, 6.45) is 2.77. The van der Waals surface area contributed by atoms with Gasteiger partial charge in [0.05, 0.1) is 0 Å². The molecule has 3 nitrogen and oxygen atoms in total. The Bertz CT molecular complexity index is 480. The molecular weight excluding hydrogens is 222 g/mol. The Morgan fingerprint density at radius 2 is 1.89 bits per heavy atom. The minimum atomic E-state index is 0.130. The van der Waals surface area contributed by atoms with Gasteiger partial charge in [0.25, 0.3) is 0 Å². The Labute approximate surface area is 109 Å². The molecule has 0 bridgehead atoms. The van der Waals surface area contributed by atoms with E-state index in [1.165, 1.54) is 5.56 Å². The van der Waals surface area contributed by atoms with E-state index in [9.17, 15) is 0 Å². The van der Waals surface area contributed by atoms with Gasteiger partial charge in [-0.1, -0.05) is 30.3 Å². The molecule has 3 heteroatoms. The molecule has 2 rings (SSSR count). The first-order valence-corrected chi connectivity index (χ1v) is 6.35. The number of nitrogens with one attached hydrogen (secondary N) is 2. The topological polar surface area (TPSA) is 40.7 Å². The highest BCUT2D eigenvalue weighted by Crippen LogP contribution is 2.07. The first-order chi connectivity index (χ1) is 8.53. The van der Waals surface area contributed by atoms with Crippen molar-refractivity contribution in [2.45, 2.75) is 39.3 Å². The van der Waals surface area contributed by atoms with E-state index in [2.05, 4.69) is 60.3 Å². The van der Waals surface area contributed by atoms with Gasteiger partial charge in [-0.25, -0.2) is 4.98 Å². The molecule has 0 aliphatic carbocycles. The number of imidazole rings is 1.